The first-order chi connectivity index (χ1) is 12.8. The van der Waals surface area contributed by atoms with E-state index in [1.807, 2.05) is 0 Å². The molecule has 0 unspecified atom stereocenters. The Morgan fingerprint density at radius 1 is 1.15 bits per heavy atom. The largest absolute Gasteiger partial charge is 0.497 e. The van der Waals surface area contributed by atoms with Crippen molar-refractivity contribution in [3.63, 3.8) is 0 Å². The van der Waals surface area contributed by atoms with Gasteiger partial charge >= 0.3 is 0 Å². The molecule has 6 nitrogen and oxygen atoms in total. The van der Waals surface area contributed by atoms with E-state index in [-0.39, 0.29) is 37.7 Å². The van der Waals surface area contributed by atoms with Gasteiger partial charge in [0.2, 0.25) is 15.9 Å². The predicted molar refractivity (Wildman–Crippen MR) is 103 cm³/mol. The van der Waals surface area contributed by atoms with E-state index in [0.29, 0.717) is 17.0 Å². The summed E-state index contributed by atoms with van der Waals surface area (Å²) in [6.45, 7) is 0.120. The second-order valence-electron chi connectivity index (χ2n) is 6.03. The predicted octanol–water partition coefficient (Wildman–Crippen LogP) is 2.67. The lowest BCUT2D eigenvalue weighted by Gasteiger charge is -2.20. The van der Waals surface area contributed by atoms with Crippen molar-refractivity contribution in [2.24, 2.45) is 0 Å². The molecular weight excluding hydrogens is 371 g/mol. The third-order valence-corrected chi connectivity index (χ3v) is 5.30. The Balaban J connectivity index is 1.94. The van der Waals surface area contributed by atoms with Crippen LogP contribution in [0.1, 0.15) is 12.0 Å². The van der Waals surface area contributed by atoms with E-state index in [0.717, 1.165) is 6.26 Å². The van der Waals surface area contributed by atoms with Gasteiger partial charge in [-0.05, 0) is 30.2 Å². The molecule has 146 valence electrons. The molecule has 27 heavy (non-hydrogen) atoms. The molecule has 2 aromatic rings. The summed E-state index contributed by atoms with van der Waals surface area (Å²) in [4.78, 5) is 12.1. The van der Waals surface area contributed by atoms with Gasteiger partial charge in [-0.15, -0.1) is 0 Å². The first-order valence-corrected chi connectivity index (χ1v) is 10.3. The molecule has 8 heteroatoms. The van der Waals surface area contributed by atoms with Gasteiger partial charge in [0.1, 0.15) is 11.6 Å². The Labute approximate surface area is 159 Å². The molecule has 0 heterocycles. The summed E-state index contributed by atoms with van der Waals surface area (Å²) in [6, 6.07) is 13.1. The van der Waals surface area contributed by atoms with Gasteiger partial charge in [-0.2, -0.15) is 0 Å². The zero-order chi connectivity index (χ0) is 19.9. The van der Waals surface area contributed by atoms with Crippen molar-refractivity contribution < 1.29 is 22.3 Å². The van der Waals surface area contributed by atoms with Crippen LogP contribution in [0.15, 0.2) is 48.5 Å². The van der Waals surface area contributed by atoms with Crippen LogP contribution in [0.4, 0.5) is 10.1 Å². The molecule has 0 fully saturated rings. The summed E-state index contributed by atoms with van der Waals surface area (Å²) in [7, 11) is -1.99. The third kappa shape index (κ3) is 6.65. The molecule has 0 saturated carbocycles. The molecule has 1 N–H and O–H groups in total. The van der Waals surface area contributed by atoms with E-state index >= 15 is 0 Å². The van der Waals surface area contributed by atoms with E-state index in [9.17, 15) is 17.6 Å². The molecule has 2 aromatic carbocycles. The minimum absolute atomic E-state index is 0.0123. The summed E-state index contributed by atoms with van der Waals surface area (Å²) in [5, 5.41) is 2.71. The van der Waals surface area contributed by atoms with Gasteiger partial charge in [0.05, 0.1) is 13.4 Å². The van der Waals surface area contributed by atoms with Crippen molar-refractivity contribution in [1.82, 2.24) is 4.31 Å². The Bertz CT molecular complexity index is 887. The van der Waals surface area contributed by atoms with Gasteiger partial charge in [0, 0.05) is 31.3 Å². The highest BCUT2D eigenvalue weighted by Crippen LogP contribution is 2.17. The minimum atomic E-state index is -3.52. The number of hydrogen-bond donors (Lipinski definition) is 1. The fourth-order valence-corrected chi connectivity index (χ4v) is 3.39. The summed E-state index contributed by atoms with van der Waals surface area (Å²) < 4.78 is 43.9. The Morgan fingerprint density at radius 2 is 1.89 bits per heavy atom. The maximum Gasteiger partial charge on any atom is 0.225 e. The van der Waals surface area contributed by atoms with Gasteiger partial charge in [-0.1, -0.05) is 24.3 Å². The number of sulfonamides is 1. The molecular formula is C19H23FN2O4S. The maximum absolute atomic E-state index is 13.7. The fourth-order valence-electron chi connectivity index (χ4n) is 2.54. The number of rotatable bonds is 9. The molecule has 0 aliphatic carbocycles. The van der Waals surface area contributed by atoms with Crippen LogP contribution in [0.5, 0.6) is 5.75 Å². The highest BCUT2D eigenvalue weighted by Gasteiger charge is 2.18. The molecule has 0 aliphatic rings. The van der Waals surface area contributed by atoms with Crippen molar-refractivity contribution >= 4 is 21.6 Å². The normalized spacial score (nSPS) is 11.4. The number of hydrogen-bond acceptors (Lipinski definition) is 4. The molecule has 2 rings (SSSR count). The lowest BCUT2D eigenvalue weighted by Crippen LogP contribution is -2.34. The van der Waals surface area contributed by atoms with E-state index < -0.39 is 10.0 Å². The topological polar surface area (TPSA) is 75.7 Å². The SMILES string of the molecule is COc1cccc(NC(=O)CCN(CCc2ccccc2F)S(C)(=O)=O)c1. The zero-order valence-electron chi connectivity index (χ0n) is 15.3. The van der Waals surface area contributed by atoms with E-state index in [4.69, 9.17) is 4.74 Å². The highest BCUT2D eigenvalue weighted by molar-refractivity contribution is 7.88. The van der Waals surface area contributed by atoms with Gasteiger partial charge in [0.25, 0.3) is 0 Å². The number of carbonyl (C=O) groups is 1. The molecule has 0 aliphatic heterocycles. The Hall–Kier alpha value is -2.45. The van der Waals surface area contributed by atoms with E-state index in [1.54, 1.807) is 42.5 Å². The quantitative estimate of drug-likeness (QED) is 0.710. The average Bonchev–Trinajstić information content (AvgIpc) is 2.62. The molecule has 0 aromatic heterocycles. The summed E-state index contributed by atoms with van der Waals surface area (Å²) >= 11 is 0. The second kappa shape index (κ2) is 9.48. The van der Waals surface area contributed by atoms with Crippen molar-refractivity contribution in [2.45, 2.75) is 12.8 Å². The second-order valence-corrected chi connectivity index (χ2v) is 8.02. The third-order valence-electron chi connectivity index (χ3n) is 4.00. The highest BCUT2D eigenvalue weighted by atomic mass is 32.2. The lowest BCUT2D eigenvalue weighted by atomic mass is 10.1. The number of nitrogens with zero attached hydrogens (tertiary/aromatic N) is 1. The van der Waals surface area contributed by atoms with Crippen LogP contribution in [0, 0.1) is 5.82 Å². The molecule has 1 amide bonds. The van der Waals surface area contributed by atoms with Crippen LogP contribution in [0.3, 0.4) is 0 Å². The number of anilines is 1. The first-order valence-electron chi connectivity index (χ1n) is 8.42. The maximum atomic E-state index is 13.7. The minimum Gasteiger partial charge on any atom is -0.497 e. The Kier molecular flexibility index (Phi) is 7.32. The average molecular weight is 394 g/mol. The van der Waals surface area contributed by atoms with E-state index in [1.165, 1.54) is 17.5 Å². The summed E-state index contributed by atoms with van der Waals surface area (Å²) in [6.07, 6.45) is 1.30. The summed E-state index contributed by atoms with van der Waals surface area (Å²) in [5.41, 5.74) is 1.00. The number of nitrogens with one attached hydrogen (secondary N) is 1. The van der Waals surface area contributed by atoms with Gasteiger partial charge < -0.3 is 10.1 Å². The van der Waals surface area contributed by atoms with Crippen molar-refractivity contribution in [2.75, 3.05) is 31.8 Å². The van der Waals surface area contributed by atoms with Crippen LogP contribution < -0.4 is 10.1 Å². The van der Waals surface area contributed by atoms with Gasteiger partial charge in [-0.3, -0.25) is 4.79 Å². The number of halogens is 1. The fraction of sp³-hybridized carbons (Fsp3) is 0.316. The lowest BCUT2D eigenvalue weighted by molar-refractivity contribution is -0.116. The molecule has 0 spiro atoms. The van der Waals surface area contributed by atoms with Gasteiger partial charge in [-0.25, -0.2) is 17.1 Å². The van der Waals surface area contributed by atoms with Crippen LogP contribution in [0.25, 0.3) is 0 Å². The smallest absolute Gasteiger partial charge is 0.225 e. The van der Waals surface area contributed by atoms with Crippen molar-refractivity contribution in [1.29, 1.82) is 0 Å². The first kappa shape index (κ1) is 20.9. The van der Waals surface area contributed by atoms with Crippen LogP contribution >= 0.6 is 0 Å². The number of methoxy groups -OCH3 is 1. The van der Waals surface area contributed by atoms with Crippen molar-refractivity contribution in [3.8, 4) is 5.75 Å². The van der Waals surface area contributed by atoms with Crippen molar-refractivity contribution in [3.05, 3.63) is 59.9 Å². The van der Waals surface area contributed by atoms with E-state index in [2.05, 4.69) is 5.32 Å². The zero-order valence-corrected chi connectivity index (χ0v) is 16.1. The van der Waals surface area contributed by atoms with Crippen LogP contribution in [-0.2, 0) is 21.2 Å². The van der Waals surface area contributed by atoms with Gasteiger partial charge in [0.15, 0.2) is 0 Å². The molecule has 0 radical (unpaired) electrons. The molecule has 0 saturated heterocycles. The van der Waals surface area contributed by atoms with Crippen LogP contribution in [0.2, 0.25) is 0 Å². The Morgan fingerprint density at radius 3 is 2.56 bits per heavy atom. The summed E-state index contributed by atoms with van der Waals surface area (Å²) in [5.74, 6) is -0.0834. The number of amides is 1. The number of benzene rings is 2. The number of carbonyl (C=O) groups excluding carboxylic acids is 1. The molecule has 0 atom stereocenters. The standard InChI is InChI=1S/C19H23FN2O4S/c1-26-17-8-5-7-16(14-17)21-19(23)11-13-22(27(2,24)25)12-10-15-6-3-4-9-18(15)20/h3-9,14H,10-13H2,1-2H3,(H,21,23). The monoisotopic (exact) mass is 394 g/mol. The van der Waals surface area contributed by atoms with Crippen LogP contribution in [-0.4, -0.2) is 45.1 Å². The molecule has 0 bridgehead atoms. The number of ether oxygens (including phenoxy) is 1.